The molecule has 0 spiro atoms. The molecule has 0 heterocycles. The zero-order valence-electron chi connectivity index (χ0n) is 50.2. The van der Waals surface area contributed by atoms with E-state index >= 15 is 0 Å². The minimum Gasteiger partial charge on any atom is -0.462 e. The summed E-state index contributed by atoms with van der Waals surface area (Å²) in [6, 6.07) is 0. The number of aliphatic hydroxyl groups excluding tert-OH is 1. The molecule has 0 aliphatic carbocycles. The lowest BCUT2D eigenvalue weighted by Gasteiger charge is -2.21. The molecular formula is C68H111O11P. The molecule has 3 atom stereocenters. The second-order valence-corrected chi connectivity index (χ2v) is 21.5. The highest BCUT2D eigenvalue weighted by molar-refractivity contribution is 7.47. The van der Waals surface area contributed by atoms with Crippen molar-refractivity contribution in [1.82, 2.24) is 0 Å². The van der Waals surface area contributed by atoms with E-state index in [1.165, 1.54) is 0 Å². The van der Waals surface area contributed by atoms with Crippen molar-refractivity contribution >= 4 is 25.7 Å². The number of phosphoric acid groups is 1. The summed E-state index contributed by atoms with van der Waals surface area (Å²) < 4.78 is 39.6. The molecule has 0 aliphatic heterocycles. The minimum absolute atomic E-state index is 0.139. The summed E-state index contributed by atoms with van der Waals surface area (Å²) in [6.07, 6.45) is 76.8. The normalized spacial score (nSPS) is 14.2. The lowest BCUT2D eigenvalue weighted by Crippen LogP contribution is -2.30. The second kappa shape index (κ2) is 60.7. The van der Waals surface area contributed by atoms with Gasteiger partial charge in [-0.05, 0) is 128 Å². The van der Waals surface area contributed by atoms with Crippen LogP contribution in [0.2, 0.25) is 0 Å². The van der Waals surface area contributed by atoms with Gasteiger partial charge in [0.25, 0.3) is 0 Å². The maximum atomic E-state index is 13.0. The smallest absolute Gasteiger partial charge is 0.462 e. The van der Waals surface area contributed by atoms with E-state index in [1.54, 1.807) is 0 Å². The molecule has 80 heavy (non-hydrogen) atoms. The molecule has 0 bridgehead atoms. The summed E-state index contributed by atoms with van der Waals surface area (Å²) >= 11 is 0. The molecule has 0 radical (unpaired) electrons. The highest BCUT2D eigenvalue weighted by Gasteiger charge is 2.28. The number of hydrogen-bond donors (Lipinski definition) is 2. The number of carbonyl (C=O) groups is 3. The van der Waals surface area contributed by atoms with Gasteiger partial charge in [0.2, 0.25) is 0 Å². The van der Waals surface area contributed by atoms with Crippen LogP contribution in [0.5, 0.6) is 0 Å². The number of unbranched alkanes of at least 4 members (excludes halogenated alkanes) is 17. The zero-order valence-corrected chi connectivity index (χ0v) is 51.1. The monoisotopic (exact) mass is 1130 g/mol. The van der Waals surface area contributed by atoms with Crippen LogP contribution in [0.25, 0.3) is 0 Å². The Morgan fingerprint density at radius 1 is 0.350 bits per heavy atom. The Labute approximate surface area is 487 Å². The van der Waals surface area contributed by atoms with E-state index in [-0.39, 0.29) is 25.9 Å². The number of aliphatic hydroxyl groups is 1. The molecule has 0 fully saturated rings. The molecule has 0 rings (SSSR count). The van der Waals surface area contributed by atoms with Gasteiger partial charge < -0.3 is 24.2 Å². The Morgan fingerprint density at radius 2 is 0.613 bits per heavy atom. The molecule has 0 saturated carbocycles. The van der Waals surface area contributed by atoms with Gasteiger partial charge >= 0.3 is 25.7 Å². The van der Waals surface area contributed by atoms with Gasteiger partial charge in [-0.15, -0.1) is 0 Å². The summed E-state index contributed by atoms with van der Waals surface area (Å²) in [5, 5.41) is 9.84. The van der Waals surface area contributed by atoms with E-state index in [0.29, 0.717) is 19.3 Å². The van der Waals surface area contributed by atoms with Gasteiger partial charge in [0.05, 0.1) is 19.8 Å². The molecule has 454 valence electrons. The summed E-state index contributed by atoms with van der Waals surface area (Å²) in [6.45, 7) is 4.25. The topological polar surface area (TPSA) is 155 Å². The Kier molecular flexibility index (Phi) is 57.4. The number of carbonyl (C=O) groups excluding carboxylic acids is 3. The average Bonchev–Trinajstić information content (AvgIpc) is 3.45. The fourth-order valence-electron chi connectivity index (χ4n) is 7.94. The lowest BCUT2D eigenvalue weighted by molar-refractivity contribution is -0.161. The van der Waals surface area contributed by atoms with Crippen molar-refractivity contribution in [2.24, 2.45) is 0 Å². The van der Waals surface area contributed by atoms with Crippen LogP contribution in [0.4, 0.5) is 0 Å². The first-order valence-electron chi connectivity index (χ1n) is 31.1. The highest BCUT2D eigenvalue weighted by Crippen LogP contribution is 2.43. The molecule has 0 aliphatic rings. The SMILES string of the molecule is CC/C=C\C/C=C\C/C=C\C/C=C\CCCCCCCCC(=O)OCC(COP(=O)(O)OCC(CO)OC(=O)CCCCCCC/C=C\C/C=C\C/C=C\CC)OC(=O)CCCCCCCC/C=C\C/C=C\C/C=C\C/C=C\CC. The first kappa shape index (κ1) is 75.6. The Bertz CT molecular complexity index is 1850. The van der Waals surface area contributed by atoms with Crippen molar-refractivity contribution in [1.29, 1.82) is 0 Å². The van der Waals surface area contributed by atoms with Crippen LogP contribution in [0, 0.1) is 0 Å². The highest BCUT2D eigenvalue weighted by atomic mass is 31.2. The molecule has 0 aromatic carbocycles. The standard InChI is InChI=1S/C68H111O11P/c1-4-7-10-13-16-19-22-25-28-30-32-34-37-39-42-45-48-51-54-57-66(70)75-61-65(79-68(72)59-56-53-50-47-44-41-38-35-33-31-29-26-23-20-17-14-11-8-5-2)63-77-80(73,74)76-62-64(60-69)78-67(71)58-55-52-49-46-43-40-36-27-24-21-18-15-12-9-6-3/h7-12,16-21,25-29,32-36,64-65,69H,4-6,13-15,22-24,30-31,37-63H2,1-3H3,(H,73,74)/b10-7-,11-8-,12-9-,19-16-,20-17-,21-18-,28-25-,29-26-,34-32-,35-33-,36-27-. The predicted octanol–water partition coefficient (Wildman–Crippen LogP) is 18.9. The quantitative estimate of drug-likeness (QED) is 0.0197. The third-order valence-corrected chi connectivity index (χ3v) is 13.5. The van der Waals surface area contributed by atoms with E-state index in [0.717, 1.165) is 180 Å². The maximum absolute atomic E-state index is 13.0. The van der Waals surface area contributed by atoms with E-state index in [1.807, 2.05) is 0 Å². The summed E-state index contributed by atoms with van der Waals surface area (Å²) in [7, 11) is -4.77. The first-order valence-corrected chi connectivity index (χ1v) is 32.6. The van der Waals surface area contributed by atoms with Gasteiger partial charge in [-0.2, -0.15) is 0 Å². The van der Waals surface area contributed by atoms with Gasteiger partial charge in [0.1, 0.15) is 12.7 Å². The molecule has 0 aromatic heterocycles. The molecule has 3 unspecified atom stereocenters. The van der Waals surface area contributed by atoms with Gasteiger partial charge in [0, 0.05) is 19.3 Å². The summed E-state index contributed by atoms with van der Waals surface area (Å²) in [4.78, 5) is 48.7. The molecule has 2 N–H and O–H groups in total. The lowest BCUT2D eigenvalue weighted by atomic mass is 10.1. The molecule has 11 nitrogen and oxygen atoms in total. The van der Waals surface area contributed by atoms with Gasteiger partial charge in [0.15, 0.2) is 6.10 Å². The van der Waals surface area contributed by atoms with Crippen LogP contribution in [-0.2, 0) is 42.2 Å². The fraction of sp³-hybridized carbons (Fsp3) is 0.632. The van der Waals surface area contributed by atoms with Crippen LogP contribution in [-0.4, -0.2) is 66.5 Å². The van der Waals surface area contributed by atoms with Crippen LogP contribution in [0.1, 0.15) is 239 Å². The van der Waals surface area contributed by atoms with Crippen LogP contribution in [0.15, 0.2) is 134 Å². The largest absolute Gasteiger partial charge is 0.472 e. The number of rotatable bonds is 56. The van der Waals surface area contributed by atoms with Crippen molar-refractivity contribution in [2.75, 3.05) is 26.4 Å². The Balaban J connectivity index is 4.80. The maximum Gasteiger partial charge on any atom is 0.472 e. The van der Waals surface area contributed by atoms with E-state index in [4.69, 9.17) is 23.3 Å². The van der Waals surface area contributed by atoms with Crippen LogP contribution < -0.4 is 0 Å². The third kappa shape index (κ3) is 58.3. The first-order chi connectivity index (χ1) is 39.2. The minimum atomic E-state index is -4.77. The molecule has 0 saturated heterocycles. The van der Waals surface area contributed by atoms with E-state index < -0.39 is 57.8 Å². The van der Waals surface area contributed by atoms with Gasteiger partial charge in [-0.1, -0.05) is 225 Å². The second-order valence-electron chi connectivity index (χ2n) is 20.1. The van der Waals surface area contributed by atoms with E-state index in [2.05, 4.69) is 154 Å². The van der Waals surface area contributed by atoms with Gasteiger partial charge in [-0.25, -0.2) is 4.57 Å². The van der Waals surface area contributed by atoms with Crippen molar-refractivity contribution in [3.05, 3.63) is 134 Å². The molecule has 0 aromatic rings. The number of allylic oxidation sites excluding steroid dienone is 22. The summed E-state index contributed by atoms with van der Waals surface area (Å²) in [5.41, 5.74) is 0. The molecule has 0 amide bonds. The average molecular weight is 1140 g/mol. The number of hydrogen-bond acceptors (Lipinski definition) is 10. The predicted molar refractivity (Wildman–Crippen MR) is 334 cm³/mol. The van der Waals surface area contributed by atoms with Crippen LogP contribution in [0.3, 0.4) is 0 Å². The fourth-order valence-corrected chi connectivity index (χ4v) is 8.72. The van der Waals surface area contributed by atoms with Crippen LogP contribution >= 0.6 is 7.82 Å². The molecular weight excluding hydrogens is 1020 g/mol. The number of esters is 3. The third-order valence-electron chi connectivity index (χ3n) is 12.6. The van der Waals surface area contributed by atoms with Crippen molar-refractivity contribution in [3.63, 3.8) is 0 Å². The zero-order chi connectivity index (χ0) is 58.3. The van der Waals surface area contributed by atoms with Crippen molar-refractivity contribution < 1.29 is 52.2 Å². The Morgan fingerprint density at radius 3 is 0.938 bits per heavy atom. The van der Waals surface area contributed by atoms with E-state index in [9.17, 15) is 28.9 Å². The Hall–Kier alpha value is -4.38. The number of phosphoric ester groups is 1. The van der Waals surface area contributed by atoms with Crippen molar-refractivity contribution in [3.8, 4) is 0 Å². The number of ether oxygens (including phenoxy) is 3. The summed E-state index contributed by atoms with van der Waals surface area (Å²) in [5.74, 6) is -1.52. The van der Waals surface area contributed by atoms with Crippen molar-refractivity contribution in [2.45, 2.75) is 251 Å². The molecule has 12 heteroatoms. The van der Waals surface area contributed by atoms with Gasteiger partial charge in [-0.3, -0.25) is 23.4 Å².